The standard InChI is InChI=1S/C26H27N3O3/c1-15-22-23(16-10-11-19(30)21(12-16)32-4)24-18(13-26(2,3)14-20(24)31)27-25(22)29(28-15)17-8-6-5-7-9-17/h5-12,23,27,30H,13-14H2,1-4H3. The Bertz CT molecular complexity index is 1250. The van der Waals surface area contributed by atoms with E-state index in [4.69, 9.17) is 9.84 Å². The third-order valence-corrected chi connectivity index (χ3v) is 6.41. The molecule has 6 nitrogen and oxygen atoms in total. The average molecular weight is 430 g/mol. The lowest BCUT2D eigenvalue weighted by Gasteiger charge is -2.38. The number of Topliss-reactive ketones (excluding diaryl/α,β-unsaturated/α-hetero) is 1. The molecule has 2 N–H and O–H groups in total. The Morgan fingerprint density at radius 2 is 1.91 bits per heavy atom. The topological polar surface area (TPSA) is 76.4 Å². The van der Waals surface area contributed by atoms with Crippen molar-refractivity contribution in [1.29, 1.82) is 0 Å². The summed E-state index contributed by atoms with van der Waals surface area (Å²) in [4.78, 5) is 13.4. The Kier molecular flexibility index (Phi) is 4.62. The lowest BCUT2D eigenvalue weighted by atomic mass is 9.69. The number of nitrogens with zero attached hydrogens (tertiary/aromatic N) is 2. The second-order valence-electron chi connectivity index (χ2n) is 9.42. The lowest BCUT2D eigenvalue weighted by Crippen LogP contribution is -2.34. The van der Waals surface area contributed by atoms with Crippen LogP contribution < -0.4 is 10.1 Å². The number of methoxy groups -OCH3 is 1. The number of aryl methyl sites for hydroxylation is 1. The van der Waals surface area contributed by atoms with Crippen LogP contribution in [0, 0.1) is 12.3 Å². The molecule has 5 rings (SSSR count). The Hall–Kier alpha value is -3.54. The summed E-state index contributed by atoms with van der Waals surface area (Å²) in [6, 6.07) is 15.3. The number of phenols is 1. The third-order valence-electron chi connectivity index (χ3n) is 6.41. The summed E-state index contributed by atoms with van der Waals surface area (Å²) in [5, 5.41) is 18.6. The van der Waals surface area contributed by atoms with E-state index in [0.717, 1.165) is 46.0 Å². The first-order chi connectivity index (χ1) is 15.3. The van der Waals surface area contributed by atoms with E-state index in [1.165, 1.54) is 7.11 Å². The van der Waals surface area contributed by atoms with Crippen LogP contribution in [0.3, 0.4) is 0 Å². The molecule has 0 saturated carbocycles. The summed E-state index contributed by atoms with van der Waals surface area (Å²) in [6.07, 6.45) is 1.28. The molecule has 1 atom stereocenters. The van der Waals surface area contributed by atoms with Crippen molar-refractivity contribution in [3.8, 4) is 17.2 Å². The van der Waals surface area contributed by atoms with Crippen LogP contribution in [0.4, 0.5) is 5.82 Å². The van der Waals surface area contributed by atoms with Gasteiger partial charge in [-0.1, -0.05) is 38.1 Å². The summed E-state index contributed by atoms with van der Waals surface area (Å²) in [5.41, 5.74) is 5.32. The zero-order valence-electron chi connectivity index (χ0n) is 18.8. The molecule has 1 unspecified atom stereocenters. The van der Waals surface area contributed by atoms with Gasteiger partial charge in [0.1, 0.15) is 5.82 Å². The van der Waals surface area contributed by atoms with Crippen molar-refractivity contribution >= 4 is 11.6 Å². The van der Waals surface area contributed by atoms with Crippen LogP contribution in [0.2, 0.25) is 0 Å². The van der Waals surface area contributed by atoms with Crippen LogP contribution in [-0.2, 0) is 4.79 Å². The highest BCUT2D eigenvalue weighted by molar-refractivity contribution is 6.01. The minimum absolute atomic E-state index is 0.0763. The third kappa shape index (κ3) is 3.18. The first-order valence-electron chi connectivity index (χ1n) is 10.8. The SMILES string of the molecule is COc1cc(C2C3=C(CC(C)(C)CC3=O)Nc3c2c(C)nn3-c2ccccc2)ccc1O. The van der Waals surface area contributed by atoms with Crippen molar-refractivity contribution in [1.82, 2.24) is 9.78 Å². The van der Waals surface area contributed by atoms with Crippen LogP contribution in [0.15, 0.2) is 59.8 Å². The predicted molar refractivity (Wildman–Crippen MR) is 123 cm³/mol. The molecule has 2 aromatic carbocycles. The van der Waals surface area contributed by atoms with Gasteiger partial charge in [0.15, 0.2) is 17.3 Å². The van der Waals surface area contributed by atoms with Gasteiger partial charge in [0.2, 0.25) is 0 Å². The number of para-hydroxylation sites is 1. The molecule has 164 valence electrons. The van der Waals surface area contributed by atoms with E-state index >= 15 is 0 Å². The molecule has 1 aromatic heterocycles. The molecule has 0 fully saturated rings. The molecule has 0 bridgehead atoms. The van der Waals surface area contributed by atoms with Crippen LogP contribution in [-0.4, -0.2) is 27.8 Å². The highest BCUT2D eigenvalue weighted by atomic mass is 16.5. The van der Waals surface area contributed by atoms with Crippen LogP contribution >= 0.6 is 0 Å². The van der Waals surface area contributed by atoms with Gasteiger partial charge >= 0.3 is 0 Å². The fraction of sp³-hybridized carbons (Fsp3) is 0.308. The molecular formula is C26H27N3O3. The largest absolute Gasteiger partial charge is 0.504 e. The number of fused-ring (bicyclic) bond motifs is 1. The summed E-state index contributed by atoms with van der Waals surface area (Å²) >= 11 is 0. The number of benzene rings is 2. The summed E-state index contributed by atoms with van der Waals surface area (Å²) in [6.45, 7) is 6.24. The summed E-state index contributed by atoms with van der Waals surface area (Å²) in [5.74, 6) is 1.22. The summed E-state index contributed by atoms with van der Waals surface area (Å²) < 4.78 is 7.30. The van der Waals surface area contributed by atoms with Gasteiger partial charge in [0.05, 0.1) is 18.5 Å². The molecule has 2 aliphatic rings. The van der Waals surface area contributed by atoms with Crippen molar-refractivity contribution in [3.63, 3.8) is 0 Å². The Morgan fingerprint density at radius 1 is 1.16 bits per heavy atom. The number of carbonyl (C=O) groups is 1. The molecule has 1 aliphatic carbocycles. The maximum atomic E-state index is 13.4. The normalized spacial score (nSPS) is 19.2. The molecular weight excluding hydrogens is 402 g/mol. The average Bonchev–Trinajstić information content (AvgIpc) is 3.08. The molecule has 0 spiro atoms. The molecule has 0 radical (unpaired) electrons. The van der Waals surface area contributed by atoms with E-state index in [1.54, 1.807) is 6.07 Å². The molecule has 3 aromatic rings. The summed E-state index contributed by atoms with van der Waals surface area (Å²) in [7, 11) is 1.53. The van der Waals surface area contributed by atoms with E-state index in [9.17, 15) is 9.90 Å². The van der Waals surface area contributed by atoms with E-state index in [1.807, 2.05) is 54.1 Å². The Labute approximate surface area is 187 Å². The number of ether oxygens (including phenoxy) is 1. The zero-order valence-corrected chi connectivity index (χ0v) is 18.8. The fourth-order valence-corrected chi connectivity index (χ4v) is 5.04. The minimum atomic E-state index is -0.281. The first kappa shape index (κ1) is 20.4. The highest BCUT2D eigenvalue weighted by Gasteiger charge is 2.43. The fourth-order valence-electron chi connectivity index (χ4n) is 5.04. The molecule has 0 saturated heterocycles. The number of hydrogen-bond donors (Lipinski definition) is 2. The van der Waals surface area contributed by atoms with Crippen LogP contribution in [0.1, 0.15) is 49.4 Å². The maximum absolute atomic E-state index is 13.4. The molecule has 2 heterocycles. The van der Waals surface area contributed by atoms with Gasteiger partial charge < -0.3 is 15.2 Å². The van der Waals surface area contributed by atoms with Gasteiger partial charge in [-0.05, 0) is 48.6 Å². The van der Waals surface area contributed by atoms with E-state index in [-0.39, 0.29) is 22.9 Å². The number of ketones is 1. The van der Waals surface area contributed by atoms with Gasteiger partial charge in [-0.3, -0.25) is 4.79 Å². The van der Waals surface area contributed by atoms with Gasteiger partial charge in [-0.15, -0.1) is 0 Å². The van der Waals surface area contributed by atoms with Crippen molar-refractivity contribution in [2.24, 2.45) is 5.41 Å². The van der Waals surface area contributed by atoms with Crippen LogP contribution in [0.5, 0.6) is 11.5 Å². The number of anilines is 1. The number of phenolic OH excluding ortho intramolecular Hbond substituents is 1. The number of aromatic hydroxyl groups is 1. The van der Waals surface area contributed by atoms with Gasteiger partial charge in [0, 0.05) is 29.2 Å². The van der Waals surface area contributed by atoms with Gasteiger partial charge in [0.25, 0.3) is 0 Å². The van der Waals surface area contributed by atoms with Crippen molar-refractivity contribution in [3.05, 3.63) is 76.6 Å². The number of allylic oxidation sites excluding steroid dienone is 2. The zero-order chi connectivity index (χ0) is 22.6. The molecule has 1 aliphatic heterocycles. The predicted octanol–water partition coefficient (Wildman–Crippen LogP) is 5.10. The number of nitrogens with one attached hydrogen (secondary N) is 1. The minimum Gasteiger partial charge on any atom is -0.504 e. The van der Waals surface area contributed by atoms with Crippen molar-refractivity contribution in [2.75, 3.05) is 12.4 Å². The second kappa shape index (κ2) is 7.26. The maximum Gasteiger partial charge on any atom is 0.162 e. The number of hydrogen-bond acceptors (Lipinski definition) is 5. The monoisotopic (exact) mass is 429 g/mol. The molecule has 0 amide bonds. The van der Waals surface area contributed by atoms with Crippen molar-refractivity contribution < 1.29 is 14.6 Å². The quantitative estimate of drug-likeness (QED) is 0.606. The first-order valence-corrected chi connectivity index (χ1v) is 10.8. The number of aromatic nitrogens is 2. The highest BCUT2D eigenvalue weighted by Crippen LogP contribution is 2.51. The molecule has 6 heteroatoms. The van der Waals surface area contributed by atoms with E-state index in [0.29, 0.717) is 12.2 Å². The lowest BCUT2D eigenvalue weighted by molar-refractivity contribution is -0.118. The smallest absolute Gasteiger partial charge is 0.162 e. The van der Waals surface area contributed by atoms with Crippen LogP contribution in [0.25, 0.3) is 5.69 Å². The van der Waals surface area contributed by atoms with E-state index < -0.39 is 0 Å². The van der Waals surface area contributed by atoms with Crippen molar-refractivity contribution in [2.45, 2.75) is 39.5 Å². The van der Waals surface area contributed by atoms with E-state index in [2.05, 4.69) is 19.2 Å². The number of rotatable bonds is 3. The van der Waals surface area contributed by atoms with Gasteiger partial charge in [-0.25, -0.2) is 4.68 Å². The second-order valence-corrected chi connectivity index (χ2v) is 9.42. The molecule has 32 heavy (non-hydrogen) atoms. The number of carbonyl (C=O) groups excluding carboxylic acids is 1. The Morgan fingerprint density at radius 3 is 2.62 bits per heavy atom. The van der Waals surface area contributed by atoms with Gasteiger partial charge in [-0.2, -0.15) is 5.10 Å². The Balaban J connectivity index is 1.77.